The van der Waals surface area contributed by atoms with Gasteiger partial charge >= 0.3 is 0 Å². The van der Waals surface area contributed by atoms with E-state index in [9.17, 15) is 14.0 Å². The van der Waals surface area contributed by atoms with Gasteiger partial charge in [-0.15, -0.1) is 11.8 Å². The Kier molecular flexibility index (Phi) is 6.62. The number of hydrogen-bond acceptors (Lipinski definition) is 4. The average Bonchev–Trinajstić information content (AvgIpc) is 2.58. The first-order chi connectivity index (χ1) is 11.6. The number of hydrogen-bond donors (Lipinski definition) is 2. The molecule has 0 aliphatic heterocycles. The van der Waals surface area contributed by atoms with Gasteiger partial charge in [-0.25, -0.2) is 4.39 Å². The normalized spacial score (nSPS) is 10.1. The standard InChI is InChI=1S/C17H17FN2O3S/c1-12-6-2-4-8-14(12)23-10-16(21)19-20-17(22)11-24-15-9-5-3-7-13(15)18/h2-9H,10-11H2,1H3,(H,19,21)(H,20,22). The molecule has 0 saturated heterocycles. The molecule has 0 radical (unpaired) electrons. The van der Waals surface area contributed by atoms with E-state index in [1.807, 2.05) is 25.1 Å². The molecule has 2 aromatic carbocycles. The zero-order chi connectivity index (χ0) is 17.4. The second kappa shape index (κ2) is 8.93. The molecule has 0 aliphatic carbocycles. The molecule has 7 heteroatoms. The van der Waals surface area contributed by atoms with Crippen LogP contribution in [0.5, 0.6) is 5.75 Å². The first-order valence-corrected chi connectivity index (χ1v) is 8.18. The van der Waals surface area contributed by atoms with Crippen molar-refractivity contribution in [2.45, 2.75) is 11.8 Å². The fourth-order valence-corrected chi connectivity index (χ4v) is 2.52. The molecule has 0 bridgehead atoms. The van der Waals surface area contributed by atoms with Crippen LogP contribution in [0.1, 0.15) is 5.56 Å². The SMILES string of the molecule is Cc1ccccc1OCC(=O)NNC(=O)CSc1ccccc1F. The van der Waals surface area contributed by atoms with Gasteiger partial charge in [-0.1, -0.05) is 30.3 Å². The van der Waals surface area contributed by atoms with Crippen LogP contribution < -0.4 is 15.6 Å². The van der Waals surface area contributed by atoms with Crippen LogP contribution in [0.25, 0.3) is 0 Å². The second-order valence-corrected chi connectivity index (χ2v) is 5.89. The Labute approximate surface area is 143 Å². The largest absolute Gasteiger partial charge is 0.483 e. The van der Waals surface area contributed by atoms with Gasteiger partial charge in [0, 0.05) is 4.90 Å². The topological polar surface area (TPSA) is 67.4 Å². The molecule has 0 heterocycles. The van der Waals surface area contributed by atoms with Crippen molar-refractivity contribution in [1.29, 1.82) is 0 Å². The monoisotopic (exact) mass is 348 g/mol. The summed E-state index contributed by atoms with van der Waals surface area (Å²) in [6.45, 7) is 1.65. The Balaban J connectivity index is 1.69. The third-order valence-electron chi connectivity index (χ3n) is 2.99. The molecule has 24 heavy (non-hydrogen) atoms. The summed E-state index contributed by atoms with van der Waals surface area (Å²) in [5.74, 6) is -0.713. The maximum Gasteiger partial charge on any atom is 0.276 e. The van der Waals surface area contributed by atoms with Crippen molar-refractivity contribution < 1.29 is 18.7 Å². The number of benzene rings is 2. The molecule has 0 aliphatic rings. The van der Waals surface area contributed by atoms with Crippen LogP contribution in [0.3, 0.4) is 0 Å². The van der Waals surface area contributed by atoms with Crippen molar-refractivity contribution in [3.63, 3.8) is 0 Å². The highest BCUT2D eigenvalue weighted by Gasteiger charge is 2.08. The van der Waals surface area contributed by atoms with E-state index < -0.39 is 11.8 Å². The van der Waals surface area contributed by atoms with Crippen molar-refractivity contribution in [1.82, 2.24) is 10.9 Å². The minimum absolute atomic E-state index is 0.0140. The van der Waals surface area contributed by atoms with Gasteiger partial charge in [0.15, 0.2) is 6.61 Å². The van der Waals surface area contributed by atoms with E-state index in [-0.39, 0.29) is 18.2 Å². The number of thioether (sulfide) groups is 1. The first kappa shape index (κ1) is 17.8. The van der Waals surface area contributed by atoms with Gasteiger partial charge in [0.05, 0.1) is 5.75 Å². The molecule has 0 saturated carbocycles. The van der Waals surface area contributed by atoms with Gasteiger partial charge in [0.25, 0.3) is 5.91 Å². The zero-order valence-corrected chi connectivity index (χ0v) is 13.9. The number of rotatable bonds is 6. The van der Waals surface area contributed by atoms with Crippen LogP contribution in [0.4, 0.5) is 4.39 Å². The van der Waals surface area contributed by atoms with Crippen molar-refractivity contribution in [2.75, 3.05) is 12.4 Å². The predicted molar refractivity (Wildman–Crippen MR) is 90.1 cm³/mol. The van der Waals surface area contributed by atoms with Crippen LogP contribution in [-0.2, 0) is 9.59 Å². The lowest BCUT2D eigenvalue weighted by Gasteiger charge is -2.10. The summed E-state index contributed by atoms with van der Waals surface area (Å²) in [5, 5.41) is 0. The minimum atomic E-state index is -0.484. The van der Waals surface area contributed by atoms with E-state index in [2.05, 4.69) is 10.9 Å². The number of carbonyl (C=O) groups excluding carboxylic acids is 2. The van der Waals surface area contributed by atoms with Gasteiger partial charge in [-0.3, -0.25) is 20.4 Å². The Bertz CT molecular complexity index is 663. The van der Waals surface area contributed by atoms with E-state index >= 15 is 0 Å². The number of ether oxygens (including phenoxy) is 1. The van der Waals surface area contributed by atoms with E-state index in [1.54, 1.807) is 24.3 Å². The van der Waals surface area contributed by atoms with E-state index in [4.69, 9.17) is 4.74 Å². The van der Waals surface area contributed by atoms with Crippen LogP contribution in [0, 0.1) is 12.7 Å². The molecular weight excluding hydrogens is 331 g/mol. The number of halogens is 1. The Hall–Kier alpha value is -2.54. The summed E-state index contributed by atoms with van der Waals surface area (Å²) in [6.07, 6.45) is 0. The quantitative estimate of drug-likeness (QED) is 0.622. The molecule has 0 unspecified atom stereocenters. The van der Waals surface area contributed by atoms with Crippen molar-refractivity contribution in [3.05, 3.63) is 59.9 Å². The fraction of sp³-hybridized carbons (Fsp3) is 0.176. The number of aryl methyl sites for hydroxylation is 1. The summed E-state index contributed by atoms with van der Waals surface area (Å²) < 4.78 is 18.8. The molecular formula is C17H17FN2O3S. The molecule has 2 amide bonds. The van der Waals surface area contributed by atoms with Crippen LogP contribution in [0.2, 0.25) is 0 Å². The average molecular weight is 348 g/mol. The van der Waals surface area contributed by atoms with E-state index in [0.29, 0.717) is 10.6 Å². The highest BCUT2D eigenvalue weighted by Crippen LogP contribution is 2.20. The molecule has 0 spiro atoms. The maximum atomic E-state index is 13.4. The smallest absolute Gasteiger partial charge is 0.276 e. The molecule has 0 fully saturated rings. The van der Waals surface area contributed by atoms with Gasteiger partial charge in [-0.2, -0.15) is 0 Å². The maximum absolute atomic E-state index is 13.4. The summed E-state index contributed by atoms with van der Waals surface area (Å²) in [5.41, 5.74) is 5.43. The minimum Gasteiger partial charge on any atom is -0.483 e. The zero-order valence-electron chi connectivity index (χ0n) is 13.0. The summed E-state index contributed by atoms with van der Waals surface area (Å²) in [6, 6.07) is 13.5. The summed E-state index contributed by atoms with van der Waals surface area (Å²) >= 11 is 1.05. The van der Waals surface area contributed by atoms with Gasteiger partial charge in [0.1, 0.15) is 11.6 Å². The number of nitrogens with one attached hydrogen (secondary N) is 2. The summed E-state index contributed by atoms with van der Waals surface area (Å²) in [4.78, 5) is 23.7. The van der Waals surface area contributed by atoms with E-state index in [0.717, 1.165) is 17.3 Å². The number of carbonyl (C=O) groups is 2. The molecule has 126 valence electrons. The first-order valence-electron chi connectivity index (χ1n) is 7.19. The number of amides is 2. The molecule has 0 atom stereocenters. The Morgan fingerprint density at radius 2 is 1.71 bits per heavy atom. The summed E-state index contributed by atoms with van der Waals surface area (Å²) in [7, 11) is 0. The number of para-hydroxylation sites is 1. The molecule has 2 rings (SSSR count). The molecule has 2 N–H and O–H groups in total. The van der Waals surface area contributed by atoms with Crippen molar-refractivity contribution in [3.8, 4) is 5.75 Å². The Morgan fingerprint density at radius 3 is 2.46 bits per heavy atom. The van der Waals surface area contributed by atoms with Gasteiger partial charge < -0.3 is 4.74 Å². The second-order valence-electron chi connectivity index (χ2n) is 4.87. The third kappa shape index (κ3) is 5.58. The number of hydrazine groups is 1. The molecule has 0 aromatic heterocycles. The lowest BCUT2D eigenvalue weighted by molar-refractivity contribution is -0.128. The highest BCUT2D eigenvalue weighted by atomic mass is 32.2. The van der Waals surface area contributed by atoms with E-state index in [1.165, 1.54) is 6.07 Å². The molecule has 2 aromatic rings. The lowest BCUT2D eigenvalue weighted by atomic mass is 10.2. The lowest BCUT2D eigenvalue weighted by Crippen LogP contribution is -2.44. The fourth-order valence-electron chi connectivity index (χ4n) is 1.78. The highest BCUT2D eigenvalue weighted by molar-refractivity contribution is 8.00. The van der Waals surface area contributed by atoms with Crippen LogP contribution >= 0.6 is 11.8 Å². The Morgan fingerprint density at radius 1 is 1.04 bits per heavy atom. The van der Waals surface area contributed by atoms with Gasteiger partial charge in [0.2, 0.25) is 5.91 Å². The van der Waals surface area contributed by atoms with Gasteiger partial charge in [-0.05, 0) is 30.7 Å². The molecule has 5 nitrogen and oxygen atoms in total. The third-order valence-corrected chi connectivity index (χ3v) is 4.04. The van der Waals surface area contributed by atoms with Crippen molar-refractivity contribution >= 4 is 23.6 Å². The predicted octanol–water partition coefficient (Wildman–Crippen LogP) is 2.45. The van der Waals surface area contributed by atoms with Crippen LogP contribution in [-0.4, -0.2) is 24.2 Å². The van der Waals surface area contributed by atoms with Crippen molar-refractivity contribution in [2.24, 2.45) is 0 Å². The van der Waals surface area contributed by atoms with Crippen LogP contribution in [0.15, 0.2) is 53.4 Å².